The Labute approximate surface area is 260 Å². The van der Waals surface area contributed by atoms with Crippen LogP contribution in [0.5, 0.6) is 0 Å². The summed E-state index contributed by atoms with van der Waals surface area (Å²) in [6.45, 7) is 0. The summed E-state index contributed by atoms with van der Waals surface area (Å²) in [5, 5.41) is 6.03. The molecule has 0 amide bonds. The lowest BCUT2D eigenvalue weighted by atomic mass is 9.96. The summed E-state index contributed by atoms with van der Waals surface area (Å²) in [5.74, 6) is 0.727. The van der Waals surface area contributed by atoms with Crippen molar-refractivity contribution in [3.8, 4) is 39.5 Å². The van der Waals surface area contributed by atoms with E-state index in [0.29, 0.717) is 0 Å². The summed E-state index contributed by atoms with van der Waals surface area (Å²) < 4.78 is 2.40. The second-order valence-corrected chi connectivity index (χ2v) is 11.4. The molecule has 7 aromatic carbocycles. The van der Waals surface area contributed by atoms with Crippen LogP contribution in [0.4, 0.5) is 0 Å². The average molecular weight is 574 g/mol. The van der Waals surface area contributed by atoms with Crippen molar-refractivity contribution in [3.63, 3.8) is 0 Å². The van der Waals surface area contributed by atoms with E-state index in [4.69, 9.17) is 9.97 Å². The lowest BCUT2D eigenvalue weighted by molar-refractivity contribution is 1.20. The predicted molar refractivity (Wildman–Crippen MR) is 188 cm³/mol. The molecule has 3 nitrogen and oxygen atoms in total. The lowest BCUT2D eigenvalue weighted by Crippen LogP contribution is -1.96. The molecule has 0 N–H and O–H groups in total. The maximum atomic E-state index is 5.07. The van der Waals surface area contributed by atoms with Gasteiger partial charge in [-0.1, -0.05) is 140 Å². The van der Waals surface area contributed by atoms with Gasteiger partial charge < -0.3 is 4.57 Å². The summed E-state index contributed by atoms with van der Waals surface area (Å²) in [5.41, 5.74) is 9.94. The number of nitrogens with zero attached hydrogens (tertiary/aromatic N) is 3. The lowest BCUT2D eigenvalue weighted by Gasteiger charge is -2.15. The molecular weight excluding hydrogens is 546 g/mol. The summed E-state index contributed by atoms with van der Waals surface area (Å²) >= 11 is 0. The number of rotatable bonds is 4. The molecular formula is C42H27N3. The van der Waals surface area contributed by atoms with Crippen LogP contribution in [0.2, 0.25) is 0 Å². The topological polar surface area (TPSA) is 30.7 Å². The number of para-hydroxylation sites is 3. The van der Waals surface area contributed by atoms with Crippen LogP contribution >= 0.6 is 0 Å². The smallest absolute Gasteiger partial charge is 0.160 e. The van der Waals surface area contributed by atoms with Crippen molar-refractivity contribution < 1.29 is 0 Å². The van der Waals surface area contributed by atoms with Gasteiger partial charge in [0, 0.05) is 32.7 Å². The molecule has 210 valence electrons. The Bertz CT molecular complexity index is 2470. The highest BCUT2D eigenvalue weighted by atomic mass is 15.0. The van der Waals surface area contributed by atoms with E-state index < -0.39 is 0 Å². The molecule has 0 unspecified atom stereocenters. The maximum Gasteiger partial charge on any atom is 0.160 e. The Kier molecular flexibility index (Phi) is 5.82. The molecule has 3 heteroatoms. The third kappa shape index (κ3) is 4.13. The van der Waals surface area contributed by atoms with Crippen molar-refractivity contribution in [3.05, 3.63) is 164 Å². The highest BCUT2D eigenvalue weighted by molar-refractivity contribution is 6.11. The molecule has 9 rings (SSSR count). The van der Waals surface area contributed by atoms with Gasteiger partial charge in [0.05, 0.1) is 27.9 Å². The van der Waals surface area contributed by atoms with Crippen LogP contribution in [-0.2, 0) is 0 Å². The number of aromatic nitrogens is 3. The molecule has 0 saturated heterocycles. The van der Waals surface area contributed by atoms with Crippen LogP contribution in [0.25, 0.3) is 82.9 Å². The molecule has 9 aromatic rings. The Morgan fingerprint density at radius 1 is 0.356 bits per heavy atom. The van der Waals surface area contributed by atoms with E-state index in [1.807, 2.05) is 18.2 Å². The van der Waals surface area contributed by atoms with Gasteiger partial charge in [-0.3, -0.25) is 0 Å². The molecule has 0 spiro atoms. The fraction of sp³-hybridized carbons (Fsp3) is 0. The first kappa shape index (κ1) is 25.4. The number of hydrogen-bond acceptors (Lipinski definition) is 2. The van der Waals surface area contributed by atoms with E-state index in [2.05, 4.69) is 150 Å². The van der Waals surface area contributed by atoms with Gasteiger partial charge >= 0.3 is 0 Å². The summed E-state index contributed by atoms with van der Waals surface area (Å²) in [7, 11) is 0. The molecule has 0 atom stereocenters. The molecule has 2 aromatic heterocycles. The Morgan fingerprint density at radius 2 is 0.911 bits per heavy atom. The third-order valence-electron chi connectivity index (χ3n) is 8.83. The minimum atomic E-state index is 0.727. The zero-order valence-electron chi connectivity index (χ0n) is 24.4. The van der Waals surface area contributed by atoms with Crippen molar-refractivity contribution in [2.24, 2.45) is 0 Å². The highest BCUT2D eigenvalue weighted by Gasteiger charge is 2.16. The van der Waals surface area contributed by atoms with Crippen LogP contribution in [0.1, 0.15) is 0 Å². The normalized spacial score (nSPS) is 11.6. The van der Waals surface area contributed by atoms with E-state index in [9.17, 15) is 0 Å². The van der Waals surface area contributed by atoms with Crippen molar-refractivity contribution in [2.45, 2.75) is 0 Å². The zero-order valence-corrected chi connectivity index (χ0v) is 24.4. The fourth-order valence-corrected chi connectivity index (χ4v) is 6.73. The molecule has 0 bridgehead atoms. The van der Waals surface area contributed by atoms with E-state index >= 15 is 0 Å². The molecule has 45 heavy (non-hydrogen) atoms. The van der Waals surface area contributed by atoms with Crippen LogP contribution in [-0.4, -0.2) is 14.5 Å². The molecule has 0 aliphatic rings. The summed E-state index contributed by atoms with van der Waals surface area (Å²) in [4.78, 5) is 10.0. The van der Waals surface area contributed by atoms with Crippen molar-refractivity contribution >= 4 is 43.5 Å². The van der Waals surface area contributed by atoms with Crippen LogP contribution in [0.15, 0.2) is 164 Å². The predicted octanol–water partition coefficient (Wildman–Crippen LogP) is 10.9. The first-order valence-electron chi connectivity index (χ1n) is 15.3. The van der Waals surface area contributed by atoms with Crippen molar-refractivity contribution in [1.82, 2.24) is 14.5 Å². The van der Waals surface area contributed by atoms with Gasteiger partial charge in [-0.25, -0.2) is 9.97 Å². The van der Waals surface area contributed by atoms with Crippen LogP contribution in [0.3, 0.4) is 0 Å². The van der Waals surface area contributed by atoms with E-state index in [-0.39, 0.29) is 0 Å². The summed E-state index contributed by atoms with van der Waals surface area (Å²) in [6.07, 6.45) is 0. The Morgan fingerprint density at radius 3 is 1.62 bits per heavy atom. The highest BCUT2D eigenvalue weighted by Crippen LogP contribution is 2.38. The molecule has 0 aliphatic heterocycles. The number of hydrogen-bond donors (Lipinski definition) is 0. The van der Waals surface area contributed by atoms with Gasteiger partial charge in [-0.05, 0) is 40.8 Å². The van der Waals surface area contributed by atoms with Crippen LogP contribution in [0, 0.1) is 0 Å². The largest absolute Gasteiger partial charge is 0.309 e. The number of fused-ring (bicyclic) bond motifs is 5. The van der Waals surface area contributed by atoms with Gasteiger partial charge in [-0.15, -0.1) is 0 Å². The molecule has 0 fully saturated rings. The van der Waals surface area contributed by atoms with E-state index in [0.717, 1.165) is 39.1 Å². The molecule has 2 heterocycles. The molecule has 0 saturated carbocycles. The quantitative estimate of drug-likeness (QED) is 0.210. The molecule has 0 radical (unpaired) electrons. The second-order valence-electron chi connectivity index (χ2n) is 11.4. The van der Waals surface area contributed by atoms with E-state index in [1.54, 1.807) is 0 Å². The minimum Gasteiger partial charge on any atom is -0.309 e. The Hall–Kier alpha value is -6.06. The fourth-order valence-electron chi connectivity index (χ4n) is 6.73. The number of benzene rings is 7. The Balaban J connectivity index is 1.17. The van der Waals surface area contributed by atoms with Gasteiger partial charge in [0.1, 0.15) is 0 Å². The minimum absolute atomic E-state index is 0.727. The van der Waals surface area contributed by atoms with Gasteiger partial charge in [0.2, 0.25) is 0 Å². The second kappa shape index (κ2) is 10.3. The first-order chi connectivity index (χ1) is 22.3. The zero-order chi connectivity index (χ0) is 29.7. The SMILES string of the molecule is c1ccc(-c2nc(-c3ccc(-c4ccc(-n5c6ccccc6c6ccccc65)c5ccccc45)cc3)nc3ccccc23)cc1. The standard InChI is InChI=1S/C42H27N3/c1-2-12-29(13-3-1)41-36-18-6-9-19-37(36)43-42(44-41)30-24-22-28(23-25-30)31-26-27-40(33-15-5-4-14-32(31)33)45-38-20-10-7-16-34(38)35-17-8-11-21-39(35)45/h1-27H. The van der Waals surface area contributed by atoms with Gasteiger partial charge in [0.25, 0.3) is 0 Å². The van der Waals surface area contributed by atoms with Crippen LogP contribution < -0.4 is 0 Å². The van der Waals surface area contributed by atoms with Crippen molar-refractivity contribution in [2.75, 3.05) is 0 Å². The third-order valence-corrected chi connectivity index (χ3v) is 8.83. The first-order valence-corrected chi connectivity index (χ1v) is 15.3. The van der Waals surface area contributed by atoms with E-state index in [1.165, 1.54) is 43.8 Å². The van der Waals surface area contributed by atoms with Gasteiger partial charge in [-0.2, -0.15) is 0 Å². The summed E-state index contributed by atoms with van der Waals surface area (Å²) in [6, 6.07) is 57.9. The molecule has 0 aliphatic carbocycles. The maximum absolute atomic E-state index is 5.07. The van der Waals surface area contributed by atoms with Crippen molar-refractivity contribution in [1.29, 1.82) is 0 Å². The monoisotopic (exact) mass is 573 g/mol. The average Bonchev–Trinajstić information content (AvgIpc) is 3.45. The van der Waals surface area contributed by atoms with Gasteiger partial charge in [0.15, 0.2) is 5.82 Å².